The van der Waals surface area contributed by atoms with Crippen LogP contribution in [0.4, 0.5) is 5.69 Å². The van der Waals surface area contributed by atoms with Gasteiger partial charge in [-0.15, -0.1) is 0 Å². The zero-order valence-corrected chi connectivity index (χ0v) is 13.7. The number of likely N-dealkylation sites (N-methyl/N-ethyl adjacent to an activating group) is 1. The number of aryl methyl sites for hydroxylation is 1. The molecule has 0 amide bonds. The van der Waals surface area contributed by atoms with Gasteiger partial charge in [0.2, 0.25) is 10.0 Å². The molecule has 1 aromatic carbocycles. The van der Waals surface area contributed by atoms with Crippen molar-refractivity contribution in [3.63, 3.8) is 0 Å². The summed E-state index contributed by atoms with van der Waals surface area (Å²) in [5, 5.41) is 0. The van der Waals surface area contributed by atoms with Crippen LogP contribution in [0.2, 0.25) is 0 Å². The predicted molar refractivity (Wildman–Crippen MR) is 83.1 cm³/mol. The van der Waals surface area contributed by atoms with Crippen molar-refractivity contribution in [3.05, 3.63) is 23.8 Å². The number of benzene rings is 1. The van der Waals surface area contributed by atoms with E-state index < -0.39 is 10.0 Å². The van der Waals surface area contributed by atoms with Crippen molar-refractivity contribution in [1.82, 2.24) is 9.62 Å². The van der Waals surface area contributed by atoms with Crippen LogP contribution >= 0.6 is 0 Å². The number of rotatable bonds is 6. The lowest BCUT2D eigenvalue weighted by molar-refractivity contribution is 0.314. The number of nitrogens with two attached hydrogens (primary N) is 1. The van der Waals surface area contributed by atoms with Crippen molar-refractivity contribution < 1.29 is 8.42 Å². The first-order chi connectivity index (χ1) is 9.13. The maximum atomic E-state index is 12.4. The standard InChI is InChI=1S/C14H25N3O2S/c1-10(2)14(9-17(4)5)16-20(18,19)12-7-6-11(3)13(15)8-12/h6-8,10,14,16H,9,15H2,1-5H3. The van der Waals surface area contributed by atoms with Crippen molar-refractivity contribution in [3.8, 4) is 0 Å². The Bertz CT molecular complexity index is 554. The summed E-state index contributed by atoms with van der Waals surface area (Å²) in [5.41, 5.74) is 7.15. The molecule has 20 heavy (non-hydrogen) atoms. The summed E-state index contributed by atoms with van der Waals surface area (Å²) in [6.07, 6.45) is 0. The van der Waals surface area contributed by atoms with Crippen LogP contribution < -0.4 is 10.5 Å². The Kier molecular flexibility index (Phi) is 5.56. The van der Waals surface area contributed by atoms with Crippen LogP contribution in [0.5, 0.6) is 0 Å². The lowest BCUT2D eigenvalue weighted by atomic mass is 10.1. The van der Waals surface area contributed by atoms with Gasteiger partial charge in [0, 0.05) is 18.3 Å². The third-order valence-corrected chi connectivity index (χ3v) is 4.72. The average Bonchev–Trinajstić information content (AvgIpc) is 2.30. The molecule has 0 heterocycles. The van der Waals surface area contributed by atoms with Crippen molar-refractivity contribution in [1.29, 1.82) is 0 Å². The molecule has 0 aliphatic rings. The highest BCUT2D eigenvalue weighted by Gasteiger charge is 2.23. The number of nitrogen functional groups attached to an aromatic ring is 1. The molecule has 0 aliphatic carbocycles. The SMILES string of the molecule is Cc1ccc(S(=O)(=O)NC(CN(C)C)C(C)C)cc1N. The molecule has 1 rings (SSSR count). The predicted octanol–water partition coefficient (Wildman–Crippen LogP) is 1.44. The molecule has 114 valence electrons. The summed E-state index contributed by atoms with van der Waals surface area (Å²) >= 11 is 0. The summed E-state index contributed by atoms with van der Waals surface area (Å²) in [6, 6.07) is 4.67. The molecule has 1 unspecified atom stereocenters. The molecule has 0 aromatic heterocycles. The van der Waals surface area contributed by atoms with Gasteiger partial charge in [-0.1, -0.05) is 19.9 Å². The highest BCUT2D eigenvalue weighted by molar-refractivity contribution is 7.89. The minimum absolute atomic E-state index is 0.141. The van der Waals surface area contributed by atoms with Gasteiger partial charge in [-0.25, -0.2) is 13.1 Å². The average molecular weight is 299 g/mol. The van der Waals surface area contributed by atoms with Gasteiger partial charge in [-0.05, 0) is 44.6 Å². The van der Waals surface area contributed by atoms with E-state index in [1.54, 1.807) is 12.1 Å². The van der Waals surface area contributed by atoms with E-state index in [-0.39, 0.29) is 16.9 Å². The fraction of sp³-hybridized carbons (Fsp3) is 0.571. The van der Waals surface area contributed by atoms with Gasteiger partial charge in [-0.2, -0.15) is 0 Å². The molecule has 0 radical (unpaired) electrons. The molecule has 0 aliphatic heterocycles. The van der Waals surface area contributed by atoms with E-state index in [4.69, 9.17) is 5.73 Å². The van der Waals surface area contributed by atoms with E-state index in [0.717, 1.165) is 5.56 Å². The first-order valence-electron chi connectivity index (χ1n) is 6.66. The largest absolute Gasteiger partial charge is 0.398 e. The highest BCUT2D eigenvalue weighted by Crippen LogP contribution is 2.18. The number of nitrogens with zero attached hydrogens (tertiary/aromatic N) is 1. The van der Waals surface area contributed by atoms with E-state index >= 15 is 0 Å². The molecule has 1 aromatic rings. The van der Waals surface area contributed by atoms with E-state index in [2.05, 4.69) is 4.72 Å². The second-order valence-corrected chi connectivity index (χ2v) is 7.47. The Balaban J connectivity index is 3.00. The van der Waals surface area contributed by atoms with Gasteiger partial charge in [0.05, 0.1) is 4.90 Å². The Labute approximate surface area is 122 Å². The molecule has 0 saturated carbocycles. The maximum absolute atomic E-state index is 12.4. The molecule has 0 bridgehead atoms. The van der Waals surface area contributed by atoms with Gasteiger partial charge >= 0.3 is 0 Å². The number of anilines is 1. The summed E-state index contributed by atoms with van der Waals surface area (Å²) in [5.74, 6) is 0.204. The topological polar surface area (TPSA) is 75.4 Å². The number of nitrogens with one attached hydrogen (secondary N) is 1. The van der Waals surface area contributed by atoms with Gasteiger partial charge in [0.1, 0.15) is 0 Å². The first kappa shape index (κ1) is 16.9. The van der Waals surface area contributed by atoms with E-state index in [9.17, 15) is 8.42 Å². The molecule has 5 nitrogen and oxygen atoms in total. The van der Waals surface area contributed by atoms with Crippen molar-refractivity contribution in [2.45, 2.75) is 31.7 Å². The zero-order valence-electron chi connectivity index (χ0n) is 12.8. The summed E-state index contributed by atoms with van der Waals surface area (Å²) in [7, 11) is 0.302. The number of hydrogen-bond donors (Lipinski definition) is 2. The van der Waals surface area contributed by atoms with Crippen LogP contribution in [0, 0.1) is 12.8 Å². The minimum Gasteiger partial charge on any atom is -0.398 e. The van der Waals surface area contributed by atoms with Gasteiger partial charge < -0.3 is 10.6 Å². The third-order valence-electron chi connectivity index (χ3n) is 3.23. The van der Waals surface area contributed by atoms with Crippen molar-refractivity contribution >= 4 is 15.7 Å². The maximum Gasteiger partial charge on any atom is 0.240 e. The minimum atomic E-state index is -3.55. The van der Waals surface area contributed by atoms with Crippen LogP contribution in [0.3, 0.4) is 0 Å². The molecule has 0 spiro atoms. The van der Waals surface area contributed by atoms with E-state index in [1.165, 1.54) is 6.07 Å². The monoisotopic (exact) mass is 299 g/mol. The second-order valence-electron chi connectivity index (χ2n) is 5.75. The Hall–Kier alpha value is -1.11. The molecule has 0 saturated heterocycles. The summed E-state index contributed by atoms with van der Waals surface area (Å²) in [4.78, 5) is 2.18. The Morgan fingerprint density at radius 2 is 1.90 bits per heavy atom. The lowest BCUT2D eigenvalue weighted by Crippen LogP contribution is -2.44. The van der Waals surface area contributed by atoms with E-state index in [1.807, 2.05) is 39.8 Å². The smallest absolute Gasteiger partial charge is 0.240 e. The third kappa shape index (κ3) is 4.47. The zero-order chi connectivity index (χ0) is 15.5. The van der Waals surface area contributed by atoms with E-state index in [0.29, 0.717) is 12.2 Å². The van der Waals surface area contributed by atoms with Crippen LogP contribution in [-0.2, 0) is 10.0 Å². The van der Waals surface area contributed by atoms with Gasteiger partial charge in [0.25, 0.3) is 0 Å². The molecular weight excluding hydrogens is 274 g/mol. The lowest BCUT2D eigenvalue weighted by Gasteiger charge is -2.25. The highest BCUT2D eigenvalue weighted by atomic mass is 32.2. The van der Waals surface area contributed by atoms with Crippen molar-refractivity contribution in [2.24, 2.45) is 5.92 Å². The Morgan fingerprint density at radius 3 is 2.35 bits per heavy atom. The van der Waals surface area contributed by atoms with Gasteiger partial charge in [-0.3, -0.25) is 0 Å². The second kappa shape index (κ2) is 6.56. The van der Waals surface area contributed by atoms with Crippen LogP contribution in [0.25, 0.3) is 0 Å². The molecular formula is C14H25N3O2S. The molecule has 0 fully saturated rings. The summed E-state index contributed by atoms with van der Waals surface area (Å²) < 4.78 is 27.6. The molecule has 6 heteroatoms. The van der Waals surface area contributed by atoms with Crippen LogP contribution in [-0.4, -0.2) is 40.0 Å². The van der Waals surface area contributed by atoms with Gasteiger partial charge in [0.15, 0.2) is 0 Å². The molecule has 3 N–H and O–H groups in total. The normalized spacial score (nSPS) is 13.9. The Morgan fingerprint density at radius 1 is 1.30 bits per heavy atom. The van der Waals surface area contributed by atoms with Crippen LogP contribution in [0.15, 0.2) is 23.1 Å². The number of hydrogen-bond acceptors (Lipinski definition) is 4. The fourth-order valence-electron chi connectivity index (χ4n) is 1.83. The van der Waals surface area contributed by atoms with Crippen molar-refractivity contribution in [2.75, 3.05) is 26.4 Å². The van der Waals surface area contributed by atoms with Crippen LogP contribution in [0.1, 0.15) is 19.4 Å². The summed E-state index contributed by atoms with van der Waals surface area (Å²) in [6.45, 7) is 6.50. The number of sulfonamides is 1. The fourth-order valence-corrected chi connectivity index (χ4v) is 3.24. The quantitative estimate of drug-likeness (QED) is 0.779. The molecule has 1 atom stereocenters. The first-order valence-corrected chi connectivity index (χ1v) is 8.15.